The van der Waals surface area contributed by atoms with E-state index in [9.17, 15) is 4.79 Å². The third-order valence-electron chi connectivity index (χ3n) is 5.07. The van der Waals surface area contributed by atoms with E-state index in [0.29, 0.717) is 47.8 Å². The van der Waals surface area contributed by atoms with Gasteiger partial charge in [0.2, 0.25) is 11.9 Å². The summed E-state index contributed by atoms with van der Waals surface area (Å²) in [5.41, 5.74) is 0.639. The van der Waals surface area contributed by atoms with Gasteiger partial charge in [-0.05, 0) is 19.8 Å². The summed E-state index contributed by atoms with van der Waals surface area (Å²) in [5.74, 6) is 0.970. The van der Waals surface area contributed by atoms with Crippen molar-refractivity contribution in [2.24, 2.45) is 5.41 Å². The number of hydrogen-bond acceptors (Lipinski definition) is 7. The van der Waals surface area contributed by atoms with Crippen LogP contribution in [0.15, 0.2) is 12.4 Å². The molecule has 168 valence electrons. The highest BCUT2D eigenvalue weighted by atomic mass is 35.5. The molecular formula is C20H28Cl2N8O. The van der Waals surface area contributed by atoms with E-state index in [-0.39, 0.29) is 22.5 Å². The van der Waals surface area contributed by atoms with Crippen LogP contribution in [0.4, 0.5) is 17.5 Å². The lowest BCUT2D eigenvalue weighted by atomic mass is 9.93. The zero-order valence-electron chi connectivity index (χ0n) is 18.2. The van der Waals surface area contributed by atoms with Crippen molar-refractivity contribution in [1.82, 2.24) is 24.6 Å². The monoisotopic (exact) mass is 466 g/mol. The lowest BCUT2D eigenvalue weighted by molar-refractivity contribution is -0.140. The van der Waals surface area contributed by atoms with Crippen molar-refractivity contribution in [3.8, 4) is 0 Å². The molecule has 9 nitrogen and oxygen atoms in total. The SMILES string of the molecule is CCNc1nc(Nc2cn(C3CCN(C(=O)C(C)(C)C)CC3)nc2Cl)ncc1C(=N)Cl. The minimum atomic E-state index is -0.373. The Labute approximate surface area is 192 Å². The zero-order chi connectivity index (χ0) is 22.8. The fourth-order valence-electron chi connectivity index (χ4n) is 3.47. The van der Waals surface area contributed by atoms with E-state index in [1.54, 1.807) is 0 Å². The molecule has 0 unspecified atom stereocenters. The molecule has 0 saturated carbocycles. The quantitative estimate of drug-likeness (QED) is 0.547. The molecule has 0 radical (unpaired) electrons. The van der Waals surface area contributed by atoms with Crippen molar-refractivity contribution in [2.45, 2.75) is 46.6 Å². The number of carbonyl (C=O) groups excluding carboxylic acids is 1. The van der Waals surface area contributed by atoms with Gasteiger partial charge in [0.25, 0.3) is 0 Å². The predicted molar refractivity (Wildman–Crippen MR) is 124 cm³/mol. The third-order valence-corrected chi connectivity index (χ3v) is 5.55. The molecule has 0 atom stereocenters. The van der Waals surface area contributed by atoms with E-state index in [1.807, 2.05) is 43.5 Å². The average Bonchev–Trinajstić information content (AvgIpc) is 3.07. The standard InChI is InChI=1S/C20H28Cl2N8O/c1-5-24-17-13(15(21)23)10-25-19(27-17)26-14-11-30(28-16(14)22)12-6-8-29(9-7-12)18(31)20(2,3)4/h10-12,23H,5-9H2,1-4H3,(H2,24,25,26,27). The largest absolute Gasteiger partial charge is 0.370 e. The molecule has 3 rings (SSSR count). The van der Waals surface area contributed by atoms with Crippen molar-refractivity contribution in [2.75, 3.05) is 30.3 Å². The van der Waals surface area contributed by atoms with Crippen LogP contribution in [0.3, 0.4) is 0 Å². The number of halogens is 2. The van der Waals surface area contributed by atoms with Crippen LogP contribution in [0, 0.1) is 10.8 Å². The maximum absolute atomic E-state index is 12.5. The normalized spacial score (nSPS) is 15.1. The number of nitrogens with one attached hydrogen (secondary N) is 3. The smallest absolute Gasteiger partial charge is 0.229 e. The van der Waals surface area contributed by atoms with Crippen molar-refractivity contribution < 1.29 is 4.79 Å². The Morgan fingerprint density at radius 2 is 2.00 bits per heavy atom. The van der Waals surface area contributed by atoms with Crippen LogP contribution in [-0.2, 0) is 4.79 Å². The molecule has 0 spiro atoms. The van der Waals surface area contributed by atoms with Gasteiger partial charge in [-0.3, -0.25) is 14.9 Å². The highest BCUT2D eigenvalue weighted by molar-refractivity contribution is 6.69. The molecule has 2 aromatic rings. The Hall–Kier alpha value is -2.39. The first-order valence-electron chi connectivity index (χ1n) is 10.3. The number of aromatic nitrogens is 4. The van der Waals surface area contributed by atoms with E-state index in [4.69, 9.17) is 28.6 Å². The molecule has 1 fully saturated rings. The van der Waals surface area contributed by atoms with Crippen molar-refractivity contribution in [1.29, 1.82) is 5.41 Å². The van der Waals surface area contributed by atoms with Gasteiger partial charge >= 0.3 is 0 Å². The number of carbonyl (C=O) groups is 1. The topological polar surface area (TPSA) is 112 Å². The van der Waals surface area contributed by atoms with Gasteiger partial charge in [-0.25, -0.2) is 4.98 Å². The van der Waals surface area contributed by atoms with Crippen LogP contribution >= 0.6 is 23.2 Å². The van der Waals surface area contributed by atoms with Crippen molar-refractivity contribution in [3.63, 3.8) is 0 Å². The number of amides is 1. The van der Waals surface area contributed by atoms with Gasteiger partial charge < -0.3 is 15.5 Å². The van der Waals surface area contributed by atoms with Crippen LogP contribution in [0.2, 0.25) is 5.15 Å². The van der Waals surface area contributed by atoms with Gasteiger partial charge in [-0.15, -0.1) is 0 Å². The van der Waals surface area contributed by atoms with Crippen LogP contribution in [0.5, 0.6) is 0 Å². The summed E-state index contributed by atoms with van der Waals surface area (Å²) in [5, 5.41) is 18.4. The lowest BCUT2D eigenvalue weighted by Crippen LogP contribution is -2.44. The summed E-state index contributed by atoms with van der Waals surface area (Å²) >= 11 is 12.2. The van der Waals surface area contributed by atoms with E-state index in [2.05, 4.69) is 25.7 Å². The lowest BCUT2D eigenvalue weighted by Gasteiger charge is -2.35. The van der Waals surface area contributed by atoms with E-state index in [1.165, 1.54) is 6.20 Å². The van der Waals surface area contributed by atoms with E-state index >= 15 is 0 Å². The number of likely N-dealkylation sites (tertiary alicyclic amines) is 1. The summed E-state index contributed by atoms with van der Waals surface area (Å²) in [6.45, 7) is 9.78. The highest BCUT2D eigenvalue weighted by Crippen LogP contribution is 2.30. The number of hydrogen-bond donors (Lipinski definition) is 3. The Kier molecular flexibility index (Phi) is 7.06. The van der Waals surface area contributed by atoms with Gasteiger partial charge in [0.15, 0.2) is 5.15 Å². The first kappa shape index (κ1) is 23.3. The first-order chi connectivity index (χ1) is 14.6. The Morgan fingerprint density at radius 1 is 1.32 bits per heavy atom. The molecule has 1 saturated heterocycles. The minimum Gasteiger partial charge on any atom is -0.370 e. The predicted octanol–water partition coefficient (Wildman–Crippen LogP) is 4.28. The maximum atomic E-state index is 12.5. The summed E-state index contributed by atoms with van der Waals surface area (Å²) in [6.07, 6.45) is 4.95. The van der Waals surface area contributed by atoms with Crippen molar-refractivity contribution >= 4 is 51.7 Å². The van der Waals surface area contributed by atoms with Crippen LogP contribution < -0.4 is 10.6 Å². The second-order valence-corrected chi connectivity index (χ2v) is 9.25. The summed E-state index contributed by atoms with van der Waals surface area (Å²) in [7, 11) is 0. The molecule has 0 bridgehead atoms. The second-order valence-electron chi connectivity index (χ2n) is 8.51. The van der Waals surface area contributed by atoms with Crippen LogP contribution in [0.25, 0.3) is 0 Å². The number of anilines is 3. The number of piperidine rings is 1. The molecule has 0 aliphatic carbocycles. The molecule has 11 heteroatoms. The third kappa shape index (κ3) is 5.46. The number of nitrogens with zero attached hydrogens (tertiary/aromatic N) is 5. The van der Waals surface area contributed by atoms with Gasteiger partial charge in [-0.1, -0.05) is 44.0 Å². The molecule has 1 amide bonds. The molecular weight excluding hydrogens is 439 g/mol. The minimum absolute atomic E-state index is 0.135. The molecule has 3 N–H and O–H groups in total. The maximum Gasteiger partial charge on any atom is 0.229 e. The Balaban J connectivity index is 1.70. The summed E-state index contributed by atoms with van der Waals surface area (Å²) < 4.78 is 1.84. The first-order valence-corrected chi connectivity index (χ1v) is 11.0. The fraction of sp³-hybridized carbons (Fsp3) is 0.550. The Bertz CT molecular complexity index is 961. The van der Waals surface area contributed by atoms with Crippen LogP contribution in [-0.4, -0.2) is 55.4 Å². The molecule has 2 aromatic heterocycles. The summed E-state index contributed by atoms with van der Waals surface area (Å²) in [4.78, 5) is 23.0. The van der Waals surface area contributed by atoms with Gasteiger partial charge in [0.1, 0.15) is 11.0 Å². The van der Waals surface area contributed by atoms with E-state index < -0.39 is 0 Å². The second kappa shape index (κ2) is 9.40. The van der Waals surface area contributed by atoms with Gasteiger partial charge in [0.05, 0.1) is 23.5 Å². The fourth-order valence-corrected chi connectivity index (χ4v) is 3.80. The van der Waals surface area contributed by atoms with Gasteiger partial charge in [-0.2, -0.15) is 10.1 Å². The zero-order valence-corrected chi connectivity index (χ0v) is 19.7. The summed E-state index contributed by atoms with van der Waals surface area (Å²) in [6, 6.07) is 0.161. The molecule has 31 heavy (non-hydrogen) atoms. The molecule has 3 heterocycles. The Morgan fingerprint density at radius 3 is 2.58 bits per heavy atom. The van der Waals surface area contributed by atoms with Crippen molar-refractivity contribution in [3.05, 3.63) is 23.1 Å². The van der Waals surface area contributed by atoms with E-state index in [0.717, 1.165) is 12.8 Å². The highest BCUT2D eigenvalue weighted by Gasteiger charge is 2.31. The average molecular weight is 467 g/mol. The molecule has 1 aliphatic heterocycles. The molecule has 1 aliphatic rings. The van der Waals surface area contributed by atoms with Gasteiger partial charge in [0, 0.05) is 31.2 Å². The van der Waals surface area contributed by atoms with Crippen LogP contribution in [0.1, 0.15) is 52.1 Å². The molecule has 0 aromatic carbocycles. The number of rotatable bonds is 6.